The van der Waals surface area contributed by atoms with Crippen LogP contribution >= 0.6 is 0 Å². The second-order valence-electron chi connectivity index (χ2n) is 3.63. The lowest BCUT2D eigenvalue weighted by Crippen LogP contribution is -2.08. The van der Waals surface area contributed by atoms with Crippen molar-refractivity contribution in [2.75, 3.05) is 5.43 Å². The van der Waals surface area contributed by atoms with Gasteiger partial charge in [0.2, 0.25) is 5.95 Å². The molecule has 0 atom stereocenters. The van der Waals surface area contributed by atoms with Crippen LogP contribution in [0.15, 0.2) is 40.4 Å². The highest BCUT2D eigenvalue weighted by molar-refractivity contribution is 5.84. The van der Waals surface area contributed by atoms with E-state index in [1.165, 1.54) is 12.3 Å². The summed E-state index contributed by atoms with van der Waals surface area (Å²) in [6.45, 7) is 0. The Balaban J connectivity index is 2.17. The predicted molar refractivity (Wildman–Crippen MR) is 68.6 cm³/mol. The van der Waals surface area contributed by atoms with E-state index in [9.17, 15) is 20.0 Å². The summed E-state index contributed by atoms with van der Waals surface area (Å²) >= 11 is 0. The molecule has 2 N–H and O–H groups in total. The third-order valence-electron chi connectivity index (χ3n) is 2.25. The van der Waals surface area contributed by atoms with Gasteiger partial charge < -0.3 is 5.11 Å². The minimum Gasteiger partial charge on any atom is -0.872 e. The third-order valence-corrected chi connectivity index (χ3v) is 2.25. The van der Waals surface area contributed by atoms with Gasteiger partial charge in [0.15, 0.2) is 0 Å². The van der Waals surface area contributed by atoms with E-state index >= 15 is 0 Å². The van der Waals surface area contributed by atoms with E-state index < -0.39 is 10.7 Å². The Morgan fingerprint density at radius 1 is 1.40 bits per heavy atom. The van der Waals surface area contributed by atoms with Gasteiger partial charge in [-0.3, -0.25) is 19.9 Å². The zero-order valence-electron chi connectivity index (χ0n) is 9.94. The summed E-state index contributed by atoms with van der Waals surface area (Å²) in [5.74, 6) is -0.317. The van der Waals surface area contributed by atoms with Crippen molar-refractivity contribution >= 4 is 17.9 Å². The molecule has 0 saturated carbocycles. The first kappa shape index (κ1) is 13.2. The fourth-order valence-corrected chi connectivity index (χ4v) is 1.34. The lowest BCUT2D eigenvalue weighted by molar-refractivity contribution is -0.385. The maximum absolute atomic E-state index is 11.5. The number of hydrogen-bond donors (Lipinski definition) is 2. The van der Waals surface area contributed by atoms with Crippen LogP contribution in [0.2, 0.25) is 0 Å². The standard InChI is InChI=1S/C11H9N5O4/c17-9-2-1-8(16(19)20)5-7(9)6-13-15-11-12-4-3-10(18)14-11/h1-6,17H,(H2,12,14,15,18)/p-1/b13-6+. The molecule has 0 bridgehead atoms. The van der Waals surface area contributed by atoms with E-state index in [4.69, 9.17) is 0 Å². The third kappa shape index (κ3) is 3.16. The van der Waals surface area contributed by atoms with E-state index in [-0.39, 0.29) is 22.8 Å². The van der Waals surface area contributed by atoms with Crippen LogP contribution in [0.3, 0.4) is 0 Å². The molecule has 0 spiro atoms. The highest BCUT2D eigenvalue weighted by Gasteiger charge is 2.05. The van der Waals surface area contributed by atoms with Crippen LogP contribution < -0.4 is 16.1 Å². The number of H-pyrrole nitrogens is 1. The molecule has 0 aliphatic rings. The molecule has 0 aliphatic carbocycles. The van der Waals surface area contributed by atoms with Crippen molar-refractivity contribution in [2.24, 2.45) is 5.10 Å². The minimum atomic E-state index is -0.611. The molecular weight excluding hydrogens is 266 g/mol. The van der Waals surface area contributed by atoms with E-state index in [0.717, 1.165) is 24.4 Å². The van der Waals surface area contributed by atoms with Crippen molar-refractivity contribution in [3.8, 4) is 5.75 Å². The number of hydrazone groups is 1. The van der Waals surface area contributed by atoms with Crippen molar-refractivity contribution in [3.63, 3.8) is 0 Å². The average molecular weight is 274 g/mol. The number of rotatable bonds is 4. The first-order chi connectivity index (χ1) is 9.56. The molecule has 1 aromatic carbocycles. The molecule has 1 heterocycles. The first-order valence-corrected chi connectivity index (χ1v) is 5.36. The number of non-ortho nitro benzene ring substituents is 1. The van der Waals surface area contributed by atoms with Gasteiger partial charge in [0, 0.05) is 24.4 Å². The Bertz CT molecular complexity index is 725. The van der Waals surface area contributed by atoms with Gasteiger partial charge in [-0.1, -0.05) is 11.8 Å². The van der Waals surface area contributed by atoms with Crippen molar-refractivity contribution in [2.45, 2.75) is 0 Å². The van der Waals surface area contributed by atoms with Gasteiger partial charge in [-0.05, 0) is 5.56 Å². The summed E-state index contributed by atoms with van der Waals surface area (Å²) in [4.78, 5) is 27.1. The summed E-state index contributed by atoms with van der Waals surface area (Å²) in [6.07, 6.45) is 2.39. The summed E-state index contributed by atoms with van der Waals surface area (Å²) in [7, 11) is 0. The molecule has 0 saturated heterocycles. The molecule has 1 aromatic heterocycles. The van der Waals surface area contributed by atoms with Crippen molar-refractivity contribution in [1.29, 1.82) is 0 Å². The number of nitro benzene ring substituents is 1. The molecule has 9 heteroatoms. The quantitative estimate of drug-likeness (QED) is 0.464. The van der Waals surface area contributed by atoms with Gasteiger partial charge in [0.25, 0.3) is 11.2 Å². The summed E-state index contributed by atoms with van der Waals surface area (Å²) in [5, 5.41) is 25.8. The van der Waals surface area contributed by atoms with E-state index in [1.54, 1.807) is 0 Å². The zero-order valence-corrected chi connectivity index (χ0v) is 9.94. The first-order valence-electron chi connectivity index (χ1n) is 5.36. The fraction of sp³-hybridized carbons (Fsp3) is 0. The molecule has 0 aliphatic heterocycles. The van der Waals surface area contributed by atoms with Gasteiger partial charge in [-0.2, -0.15) is 5.10 Å². The number of aromatic nitrogens is 2. The fourth-order valence-electron chi connectivity index (χ4n) is 1.34. The van der Waals surface area contributed by atoms with Crippen LogP contribution in [0.4, 0.5) is 11.6 Å². The number of aromatic amines is 1. The number of benzene rings is 1. The van der Waals surface area contributed by atoms with Crippen LogP contribution in [0.1, 0.15) is 5.56 Å². The molecule has 9 nitrogen and oxygen atoms in total. The van der Waals surface area contributed by atoms with E-state index in [1.807, 2.05) is 0 Å². The number of hydrogen-bond acceptors (Lipinski definition) is 7. The monoisotopic (exact) mass is 274 g/mol. The van der Waals surface area contributed by atoms with Crippen LogP contribution in [0, 0.1) is 10.1 Å². The number of anilines is 1. The summed E-state index contributed by atoms with van der Waals surface area (Å²) in [6, 6.07) is 4.53. The second kappa shape index (κ2) is 5.61. The van der Waals surface area contributed by atoms with Crippen molar-refractivity contribution in [1.82, 2.24) is 9.97 Å². The van der Waals surface area contributed by atoms with Gasteiger partial charge in [0.1, 0.15) is 0 Å². The number of nitro groups is 1. The van der Waals surface area contributed by atoms with Gasteiger partial charge in [-0.15, -0.1) is 0 Å². The summed E-state index contributed by atoms with van der Waals surface area (Å²) in [5.41, 5.74) is 1.88. The van der Waals surface area contributed by atoms with Gasteiger partial charge in [0.05, 0.1) is 11.1 Å². The SMILES string of the molecule is O=c1ccnc(N/N=C/c2cc([N+](=O)[O-])ccc2[O-])[nH]1. The molecular formula is C11H8N5O4-. The Morgan fingerprint density at radius 2 is 2.20 bits per heavy atom. The number of nitrogens with zero attached hydrogens (tertiary/aromatic N) is 3. The molecule has 0 fully saturated rings. The average Bonchev–Trinajstić information content (AvgIpc) is 2.40. The number of nitrogens with one attached hydrogen (secondary N) is 2. The normalized spacial score (nSPS) is 10.6. The van der Waals surface area contributed by atoms with Gasteiger partial charge in [-0.25, -0.2) is 10.4 Å². The molecule has 0 unspecified atom stereocenters. The van der Waals surface area contributed by atoms with Gasteiger partial charge >= 0.3 is 0 Å². The zero-order chi connectivity index (χ0) is 14.5. The Morgan fingerprint density at radius 3 is 2.90 bits per heavy atom. The molecule has 102 valence electrons. The van der Waals surface area contributed by atoms with Crippen LogP contribution in [0.25, 0.3) is 0 Å². The molecule has 0 amide bonds. The maximum Gasteiger partial charge on any atom is 0.270 e. The van der Waals surface area contributed by atoms with Crippen molar-refractivity contribution in [3.05, 3.63) is 56.5 Å². The highest BCUT2D eigenvalue weighted by Crippen LogP contribution is 2.19. The summed E-state index contributed by atoms with van der Waals surface area (Å²) < 4.78 is 0. The van der Waals surface area contributed by atoms with Crippen molar-refractivity contribution < 1.29 is 10.0 Å². The predicted octanol–water partition coefficient (Wildman–Crippen LogP) is 0.198. The highest BCUT2D eigenvalue weighted by atomic mass is 16.6. The van der Waals surface area contributed by atoms with Crippen LogP contribution in [0.5, 0.6) is 5.75 Å². The Hall–Kier alpha value is -3.23. The van der Waals surface area contributed by atoms with Crippen LogP contribution in [-0.2, 0) is 0 Å². The lowest BCUT2D eigenvalue weighted by atomic mass is 10.2. The largest absolute Gasteiger partial charge is 0.872 e. The lowest BCUT2D eigenvalue weighted by Gasteiger charge is -2.08. The maximum atomic E-state index is 11.5. The minimum absolute atomic E-state index is 0.0463. The molecule has 2 rings (SSSR count). The molecule has 0 radical (unpaired) electrons. The second-order valence-corrected chi connectivity index (χ2v) is 3.63. The molecule has 2 aromatic rings. The Kier molecular flexibility index (Phi) is 3.70. The van der Waals surface area contributed by atoms with E-state index in [0.29, 0.717) is 0 Å². The topological polar surface area (TPSA) is 136 Å². The van der Waals surface area contributed by atoms with Crippen LogP contribution in [-0.4, -0.2) is 21.1 Å². The van der Waals surface area contributed by atoms with E-state index in [2.05, 4.69) is 20.5 Å². The molecule has 20 heavy (non-hydrogen) atoms. The Labute approximate surface area is 111 Å². The smallest absolute Gasteiger partial charge is 0.270 e.